The van der Waals surface area contributed by atoms with Crippen molar-refractivity contribution >= 4 is 33.1 Å². The van der Waals surface area contributed by atoms with E-state index in [2.05, 4.69) is 43.7 Å². The summed E-state index contributed by atoms with van der Waals surface area (Å²) < 4.78 is 7.17. The van der Waals surface area contributed by atoms with Gasteiger partial charge in [-0.3, -0.25) is 4.90 Å². The minimum Gasteiger partial charge on any atom is -0.459 e. The SMILES string of the molecule is c1ccc(Nc2ncnc3cc(-c4ccc(CN5CCNCC5)o4)sc23)cc1. The van der Waals surface area contributed by atoms with Gasteiger partial charge in [0.15, 0.2) is 5.82 Å². The van der Waals surface area contributed by atoms with Crippen molar-refractivity contribution in [2.45, 2.75) is 6.54 Å². The second-order valence-electron chi connectivity index (χ2n) is 6.83. The lowest BCUT2D eigenvalue weighted by Crippen LogP contribution is -2.42. The van der Waals surface area contributed by atoms with Crippen LogP contribution in [0.2, 0.25) is 0 Å². The second-order valence-corrected chi connectivity index (χ2v) is 7.88. The van der Waals surface area contributed by atoms with E-state index in [0.29, 0.717) is 0 Å². The number of nitrogens with one attached hydrogen (secondary N) is 2. The summed E-state index contributed by atoms with van der Waals surface area (Å²) in [4.78, 5) is 12.4. The van der Waals surface area contributed by atoms with Crippen LogP contribution in [0.1, 0.15) is 5.76 Å². The topological polar surface area (TPSA) is 66.2 Å². The van der Waals surface area contributed by atoms with Gasteiger partial charge < -0.3 is 15.1 Å². The van der Waals surface area contributed by atoms with Crippen molar-refractivity contribution in [2.24, 2.45) is 0 Å². The van der Waals surface area contributed by atoms with E-state index in [1.807, 2.05) is 30.3 Å². The quantitative estimate of drug-likeness (QED) is 0.534. The van der Waals surface area contributed by atoms with E-state index in [9.17, 15) is 0 Å². The Hall–Kier alpha value is -2.74. The molecule has 3 aromatic heterocycles. The molecule has 0 amide bonds. The molecule has 0 unspecified atom stereocenters. The fourth-order valence-corrected chi connectivity index (χ4v) is 4.43. The Kier molecular flexibility index (Phi) is 4.78. The van der Waals surface area contributed by atoms with Crippen LogP contribution in [-0.4, -0.2) is 41.0 Å². The number of fused-ring (bicyclic) bond motifs is 1. The number of rotatable bonds is 5. The molecule has 1 aliphatic rings. The molecule has 0 bridgehead atoms. The van der Waals surface area contributed by atoms with E-state index < -0.39 is 0 Å². The summed E-state index contributed by atoms with van der Waals surface area (Å²) in [5, 5.41) is 6.77. The molecule has 1 saturated heterocycles. The highest BCUT2D eigenvalue weighted by Crippen LogP contribution is 2.37. The molecular formula is C21H21N5OS. The van der Waals surface area contributed by atoms with Crippen molar-refractivity contribution in [3.8, 4) is 10.6 Å². The van der Waals surface area contributed by atoms with E-state index in [0.717, 1.165) is 70.8 Å². The molecule has 0 radical (unpaired) electrons. The molecule has 0 saturated carbocycles. The Morgan fingerprint density at radius 3 is 2.79 bits per heavy atom. The molecule has 1 aliphatic heterocycles. The second kappa shape index (κ2) is 7.71. The van der Waals surface area contributed by atoms with Crippen LogP contribution in [0.15, 0.2) is 59.3 Å². The van der Waals surface area contributed by atoms with Crippen molar-refractivity contribution in [1.29, 1.82) is 0 Å². The third-order valence-electron chi connectivity index (χ3n) is 4.84. The van der Waals surface area contributed by atoms with Crippen LogP contribution >= 0.6 is 11.3 Å². The molecule has 0 spiro atoms. The summed E-state index contributed by atoms with van der Waals surface area (Å²) >= 11 is 1.65. The average Bonchev–Trinajstić information content (AvgIpc) is 3.37. The molecule has 5 rings (SSSR count). The van der Waals surface area contributed by atoms with Crippen LogP contribution in [0.25, 0.3) is 20.9 Å². The van der Waals surface area contributed by atoms with Gasteiger partial charge in [0.2, 0.25) is 0 Å². The highest BCUT2D eigenvalue weighted by molar-refractivity contribution is 7.22. The van der Waals surface area contributed by atoms with E-state index in [4.69, 9.17) is 4.42 Å². The lowest BCUT2D eigenvalue weighted by molar-refractivity contribution is 0.217. The molecule has 1 aromatic carbocycles. The smallest absolute Gasteiger partial charge is 0.151 e. The standard InChI is InChI=1S/C21H21N5OS/c1-2-4-15(5-3-1)25-21-20-17(23-14-24-21)12-19(28-20)18-7-6-16(27-18)13-26-10-8-22-9-11-26/h1-7,12,14,22H,8-11,13H2,(H,23,24,25). The zero-order valence-electron chi connectivity index (χ0n) is 15.4. The zero-order valence-corrected chi connectivity index (χ0v) is 16.2. The van der Waals surface area contributed by atoms with Crippen LogP contribution in [-0.2, 0) is 6.54 Å². The first-order chi connectivity index (χ1) is 13.8. The molecule has 1 fully saturated rings. The maximum atomic E-state index is 6.14. The highest BCUT2D eigenvalue weighted by atomic mass is 32.1. The molecular weight excluding hydrogens is 370 g/mol. The summed E-state index contributed by atoms with van der Waals surface area (Å²) in [5.74, 6) is 2.71. The first-order valence-electron chi connectivity index (χ1n) is 9.44. The monoisotopic (exact) mass is 391 g/mol. The van der Waals surface area contributed by atoms with Gasteiger partial charge in [-0.15, -0.1) is 11.3 Å². The largest absolute Gasteiger partial charge is 0.459 e. The minimum atomic E-state index is 0.819. The van der Waals surface area contributed by atoms with Crippen molar-refractivity contribution < 1.29 is 4.42 Å². The molecule has 6 nitrogen and oxygen atoms in total. The van der Waals surface area contributed by atoms with E-state index in [-0.39, 0.29) is 0 Å². The maximum Gasteiger partial charge on any atom is 0.151 e. The summed E-state index contributed by atoms with van der Waals surface area (Å²) in [6, 6.07) is 16.3. The Balaban J connectivity index is 1.40. The lowest BCUT2D eigenvalue weighted by Gasteiger charge is -2.26. The predicted molar refractivity (Wildman–Crippen MR) is 113 cm³/mol. The average molecular weight is 392 g/mol. The number of piperazine rings is 1. The zero-order chi connectivity index (χ0) is 18.8. The van der Waals surface area contributed by atoms with Gasteiger partial charge in [-0.2, -0.15) is 0 Å². The number of hydrogen-bond acceptors (Lipinski definition) is 7. The summed E-state index contributed by atoms with van der Waals surface area (Å²) in [7, 11) is 0. The van der Waals surface area contributed by atoms with Crippen molar-refractivity contribution in [3.63, 3.8) is 0 Å². The predicted octanol–water partition coefficient (Wildman–Crippen LogP) is 4.10. The van der Waals surface area contributed by atoms with Gasteiger partial charge in [0.1, 0.15) is 17.8 Å². The molecule has 7 heteroatoms. The maximum absolute atomic E-state index is 6.14. The molecule has 0 aliphatic carbocycles. The van der Waals surface area contributed by atoms with Gasteiger partial charge in [0.25, 0.3) is 0 Å². The number of para-hydroxylation sites is 1. The number of aromatic nitrogens is 2. The van der Waals surface area contributed by atoms with Crippen molar-refractivity contribution in [1.82, 2.24) is 20.2 Å². The normalized spacial score (nSPS) is 15.1. The molecule has 0 atom stereocenters. The minimum absolute atomic E-state index is 0.819. The van der Waals surface area contributed by atoms with Crippen molar-refractivity contribution in [3.05, 3.63) is 60.6 Å². The number of furan rings is 1. The molecule has 142 valence electrons. The summed E-state index contributed by atoms with van der Waals surface area (Å²) in [6.45, 7) is 5.05. The molecule has 4 heterocycles. The van der Waals surface area contributed by atoms with E-state index in [1.165, 1.54) is 0 Å². The number of benzene rings is 1. The number of nitrogens with zero attached hydrogens (tertiary/aromatic N) is 3. The fraction of sp³-hybridized carbons (Fsp3) is 0.238. The van der Waals surface area contributed by atoms with Crippen LogP contribution < -0.4 is 10.6 Å². The molecule has 28 heavy (non-hydrogen) atoms. The first-order valence-corrected chi connectivity index (χ1v) is 10.3. The molecule has 4 aromatic rings. The number of anilines is 2. The lowest BCUT2D eigenvalue weighted by atomic mass is 10.3. The Morgan fingerprint density at radius 2 is 1.93 bits per heavy atom. The Morgan fingerprint density at radius 1 is 1.07 bits per heavy atom. The van der Waals surface area contributed by atoms with E-state index >= 15 is 0 Å². The van der Waals surface area contributed by atoms with Gasteiger partial charge in [-0.1, -0.05) is 18.2 Å². The first kappa shape index (κ1) is 17.4. The van der Waals surface area contributed by atoms with Crippen LogP contribution in [0.4, 0.5) is 11.5 Å². The number of hydrogen-bond donors (Lipinski definition) is 2. The third-order valence-corrected chi connectivity index (χ3v) is 5.99. The third kappa shape index (κ3) is 3.64. The summed E-state index contributed by atoms with van der Waals surface area (Å²) in [6.07, 6.45) is 1.60. The highest BCUT2D eigenvalue weighted by Gasteiger charge is 2.15. The van der Waals surface area contributed by atoms with Crippen LogP contribution in [0.3, 0.4) is 0 Å². The fourth-order valence-electron chi connectivity index (χ4n) is 3.41. The van der Waals surface area contributed by atoms with Gasteiger partial charge in [0.05, 0.1) is 21.6 Å². The Bertz CT molecular complexity index is 1070. The number of thiophene rings is 1. The van der Waals surface area contributed by atoms with Gasteiger partial charge >= 0.3 is 0 Å². The van der Waals surface area contributed by atoms with Gasteiger partial charge in [-0.25, -0.2) is 9.97 Å². The van der Waals surface area contributed by atoms with E-state index in [1.54, 1.807) is 17.7 Å². The van der Waals surface area contributed by atoms with Crippen molar-refractivity contribution in [2.75, 3.05) is 31.5 Å². The van der Waals surface area contributed by atoms with Gasteiger partial charge in [0, 0.05) is 31.9 Å². The van der Waals surface area contributed by atoms with Gasteiger partial charge in [-0.05, 0) is 30.3 Å². The van der Waals surface area contributed by atoms with Crippen LogP contribution in [0.5, 0.6) is 0 Å². The Labute approximate surface area is 167 Å². The molecule has 2 N–H and O–H groups in total. The van der Waals surface area contributed by atoms with Crippen LogP contribution in [0, 0.1) is 0 Å². The summed E-state index contributed by atoms with van der Waals surface area (Å²) in [5.41, 5.74) is 1.93.